The third kappa shape index (κ3) is 1.83. The summed E-state index contributed by atoms with van der Waals surface area (Å²) in [7, 11) is 4.02. The van der Waals surface area contributed by atoms with E-state index >= 15 is 0 Å². The first-order chi connectivity index (χ1) is 7.61. The average Bonchev–Trinajstić information content (AvgIpc) is 2.27. The maximum Gasteiger partial charge on any atom is 0.336 e. The van der Waals surface area contributed by atoms with Crippen molar-refractivity contribution in [3.63, 3.8) is 0 Å². The van der Waals surface area contributed by atoms with Crippen LogP contribution in [0.3, 0.4) is 0 Å². The molecule has 0 aromatic heterocycles. The molecule has 0 bridgehead atoms. The van der Waals surface area contributed by atoms with Crippen molar-refractivity contribution in [3.8, 4) is 0 Å². The maximum atomic E-state index is 11.2. The Morgan fingerprint density at radius 1 is 1.44 bits per heavy atom. The summed E-state index contributed by atoms with van der Waals surface area (Å²) in [5.41, 5.74) is 2.69. The van der Waals surface area contributed by atoms with Crippen molar-refractivity contribution < 1.29 is 9.90 Å². The van der Waals surface area contributed by atoms with Crippen LogP contribution in [0.25, 0.3) is 0 Å². The fourth-order valence-corrected chi connectivity index (χ4v) is 2.56. The quantitative estimate of drug-likeness (QED) is 0.829. The zero-order valence-electron chi connectivity index (χ0n) is 9.73. The van der Waals surface area contributed by atoms with Crippen LogP contribution in [-0.4, -0.2) is 30.1 Å². The van der Waals surface area contributed by atoms with Crippen molar-refractivity contribution in [3.05, 3.63) is 34.9 Å². The lowest BCUT2D eigenvalue weighted by molar-refractivity contribution is 0.0692. The molecule has 1 atom stereocenters. The van der Waals surface area contributed by atoms with Gasteiger partial charge in [-0.1, -0.05) is 12.1 Å². The molecule has 3 nitrogen and oxygen atoms in total. The van der Waals surface area contributed by atoms with Crippen LogP contribution in [0.15, 0.2) is 18.2 Å². The first-order valence-corrected chi connectivity index (χ1v) is 5.62. The van der Waals surface area contributed by atoms with Crippen LogP contribution < -0.4 is 0 Å². The van der Waals surface area contributed by atoms with Crippen LogP contribution in [0, 0.1) is 0 Å². The Hall–Kier alpha value is -1.35. The molecule has 1 N–H and O–H groups in total. The number of carbonyl (C=O) groups is 1. The lowest BCUT2D eigenvalue weighted by Gasteiger charge is -2.31. The Kier molecular flexibility index (Phi) is 2.97. The van der Waals surface area contributed by atoms with Crippen LogP contribution in [0.5, 0.6) is 0 Å². The third-order valence-corrected chi connectivity index (χ3v) is 3.31. The molecule has 0 saturated heterocycles. The molecule has 16 heavy (non-hydrogen) atoms. The number of aromatic carboxylic acids is 1. The number of fused-ring (bicyclic) bond motifs is 1. The lowest BCUT2D eigenvalue weighted by atomic mass is 9.84. The average molecular weight is 219 g/mol. The molecular weight excluding hydrogens is 202 g/mol. The molecule has 0 aliphatic heterocycles. The van der Waals surface area contributed by atoms with E-state index in [0.29, 0.717) is 5.56 Å². The Labute approximate surface area is 95.7 Å². The molecule has 0 spiro atoms. The van der Waals surface area contributed by atoms with Gasteiger partial charge in [-0.3, -0.25) is 0 Å². The first-order valence-electron chi connectivity index (χ1n) is 5.62. The molecule has 1 aliphatic carbocycles. The van der Waals surface area contributed by atoms with E-state index in [1.807, 2.05) is 20.2 Å². The van der Waals surface area contributed by atoms with Crippen molar-refractivity contribution in [2.24, 2.45) is 0 Å². The minimum atomic E-state index is -0.814. The molecule has 1 aromatic carbocycles. The van der Waals surface area contributed by atoms with E-state index in [-0.39, 0.29) is 6.04 Å². The zero-order chi connectivity index (χ0) is 11.7. The standard InChI is InChI=1S/C13H17NO2/c1-14(2)11-8-4-6-9-5-3-7-10(12(9)11)13(15)16/h3,5,7,11H,4,6,8H2,1-2H3,(H,15,16). The molecule has 1 aliphatic rings. The number of hydrogen-bond donors (Lipinski definition) is 1. The number of carboxylic acid groups (broad SMARTS) is 1. The highest BCUT2D eigenvalue weighted by molar-refractivity contribution is 5.90. The normalized spacial score (nSPS) is 19.6. The largest absolute Gasteiger partial charge is 0.478 e. The molecule has 0 saturated carbocycles. The van der Waals surface area contributed by atoms with Gasteiger partial charge in [0, 0.05) is 6.04 Å². The van der Waals surface area contributed by atoms with Gasteiger partial charge in [0.15, 0.2) is 0 Å². The molecule has 0 fully saturated rings. The fourth-order valence-electron chi connectivity index (χ4n) is 2.56. The second-order valence-corrected chi connectivity index (χ2v) is 4.56. The number of carboxylic acids is 1. The molecular formula is C13H17NO2. The van der Waals surface area contributed by atoms with Crippen LogP contribution in [0.4, 0.5) is 0 Å². The monoisotopic (exact) mass is 219 g/mol. The first kappa shape index (κ1) is 11.1. The minimum absolute atomic E-state index is 0.246. The van der Waals surface area contributed by atoms with Gasteiger partial charge < -0.3 is 10.0 Å². The Bertz CT molecular complexity index is 412. The van der Waals surface area contributed by atoms with E-state index in [1.54, 1.807) is 6.07 Å². The van der Waals surface area contributed by atoms with Gasteiger partial charge in [0.25, 0.3) is 0 Å². The van der Waals surface area contributed by atoms with Crippen LogP contribution in [0.1, 0.15) is 40.4 Å². The summed E-state index contributed by atoms with van der Waals surface area (Å²) in [6, 6.07) is 5.86. The summed E-state index contributed by atoms with van der Waals surface area (Å²) < 4.78 is 0. The number of benzene rings is 1. The summed E-state index contributed by atoms with van der Waals surface area (Å²) in [5, 5.41) is 9.22. The van der Waals surface area contributed by atoms with Crippen LogP contribution in [0.2, 0.25) is 0 Å². The summed E-state index contributed by atoms with van der Waals surface area (Å²) in [5.74, 6) is -0.814. The van der Waals surface area contributed by atoms with Crippen molar-refractivity contribution >= 4 is 5.97 Å². The zero-order valence-corrected chi connectivity index (χ0v) is 9.73. The molecule has 2 rings (SSSR count). The van der Waals surface area contributed by atoms with E-state index in [1.165, 1.54) is 5.56 Å². The Balaban J connectivity index is 2.55. The highest BCUT2D eigenvalue weighted by atomic mass is 16.4. The molecule has 0 amide bonds. The summed E-state index contributed by atoms with van der Waals surface area (Å²) in [4.78, 5) is 13.3. The van der Waals surface area contributed by atoms with Gasteiger partial charge in [-0.15, -0.1) is 0 Å². The van der Waals surface area contributed by atoms with Crippen LogP contribution in [-0.2, 0) is 6.42 Å². The van der Waals surface area contributed by atoms with Crippen LogP contribution >= 0.6 is 0 Å². The second kappa shape index (κ2) is 4.26. The van der Waals surface area contributed by atoms with Gasteiger partial charge in [-0.25, -0.2) is 4.79 Å². The van der Waals surface area contributed by atoms with E-state index < -0.39 is 5.97 Å². The Morgan fingerprint density at radius 3 is 2.81 bits per heavy atom. The minimum Gasteiger partial charge on any atom is -0.478 e. The van der Waals surface area contributed by atoms with Gasteiger partial charge in [-0.05, 0) is 50.6 Å². The van der Waals surface area contributed by atoms with Gasteiger partial charge >= 0.3 is 5.97 Å². The number of aryl methyl sites for hydroxylation is 1. The molecule has 0 radical (unpaired) electrons. The molecule has 3 heteroatoms. The summed E-state index contributed by atoms with van der Waals surface area (Å²) in [6.07, 6.45) is 3.18. The number of hydrogen-bond acceptors (Lipinski definition) is 2. The lowest BCUT2D eigenvalue weighted by Crippen LogP contribution is -2.26. The molecule has 1 aromatic rings. The van der Waals surface area contributed by atoms with Crippen molar-refractivity contribution in [1.29, 1.82) is 0 Å². The van der Waals surface area contributed by atoms with Crippen molar-refractivity contribution in [1.82, 2.24) is 4.90 Å². The van der Waals surface area contributed by atoms with Gasteiger partial charge in [-0.2, -0.15) is 0 Å². The second-order valence-electron chi connectivity index (χ2n) is 4.56. The number of nitrogens with zero attached hydrogens (tertiary/aromatic N) is 1. The molecule has 0 heterocycles. The molecule has 86 valence electrons. The fraction of sp³-hybridized carbons (Fsp3) is 0.462. The predicted octanol–water partition coefficient (Wildman–Crippen LogP) is 2.32. The van der Waals surface area contributed by atoms with Crippen molar-refractivity contribution in [2.75, 3.05) is 14.1 Å². The van der Waals surface area contributed by atoms with Crippen molar-refractivity contribution in [2.45, 2.75) is 25.3 Å². The highest BCUT2D eigenvalue weighted by Crippen LogP contribution is 2.35. The van der Waals surface area contributed by atoms with E-state index in [9.17, 15) is 9.90 Å². The highest BCUT2D eigenvalue weighted by Gasteiger charge is 2.26. The van der Waals surface area contributed by atoms with Gasteiger partial charge in [0.05, 0.1) is 5.56 Å². The third-order valence-electron chi connectivity index (χ3n) is 3.31. The Morgan fingerprint density at radius 2 is 2.19 bits per heavy atom. The smallest absolute Gasteiger partial charge is 0.336 e. The molecule has 1 unspecified atom stereocenters. The summed E-state index contributed by atoms with van der Waals surface area (Å²) in [6.45, 7) is 0. The van der Waals surface area contributed by atoms with E-state index in [2.05, 4.69) is 11.0 Å². The van der Waals surface area contributed by atoms with Gasteiger partial charge in [0.2, 0.25) is 0 Å². The SMILES string of the molecule is CN(C)C1CCCc2cccc(C(=O)O)c21. The van der Waals surface area contributed by atoms with Gasteiger partial charge in [0.1, 0.15) is 0 Å². The topological polar surface area (TPSA) is 40.5 Å². The predicted molar refractivity (Wildman–Crippen MR) is 62.8 cm³/mol. The van der Waals surface area contributed by atoms with E-state index in [4.69, 9.17) is 0 Å². The summed E-state index contributed by atoms with van der Waals surface area (Å²) >= 11 is 0. The van der Waals surface area contributed by atoms with E-state index in [0.717, 1.165) is 24.8 Å². The number of rotatable bonds is 2. The maximum absolute atomic E-state index is 11.2.